The molecule has 94 valence electrons. The average Bonchev–Trinajstić information content (AvgIpc) is 2.31. The molecule has 2 nitrogen and oxygen atoms in total. The minimum atomic E-state index is 0.332. The fraction of sp³-hybridized carbons (Fsp3) is 0.286. The molecule has 0 saturated heterocycles. The van der Waals surface area contributed by atoms with Crippen LogP contribution in [0.15, 0.2) is 28.7 Å². The van der Waals surface area contributed by atoms with Gasteiger partial charge in [-0.2, -0.15) is 0 Å². The van der Waals surface area contributed by atoms with E-state index in [4.69, 9.17) is 11.6 Å². The average molecular weight is 326 g/mol. The quantitative estimate of drug-likeness (QED) is 0.727. The SMILES string of the molecule is Cc1ccc(-c2nc(Cl)cc(C(C)C)n2)cc1Br. The Morgan fingerprint density at radius 2 is 1.89 bits per heavy atom. The lowest BCUT2D eigenvalue weighted by Gasteiger charge is -2.08. The van der Waals surface area contributed by atoms with Crippen molar-refractivity contribution in [3.05, 3.63) is 45.1 Å². The van der Waals surface area contributed by atoms with Crippen LogP contribution in [0.1, 0.15) is 31.0 Å². The van der Waals surface area contributed by atoms with Gasteiger partial charge in [0.05, 0.1) is 0 Å². The number of hydrogen-bond acceptors (Lipinski definition) is 2. The first-order chi connectivity index (χ1) is 8.47. The van der Waals surface area contributed by atoms with E-state index in [-0.39, 0.29) is 0 Å². The highest BCUT2D eigenvalue weighted by Gasteiger charge is 2.09. The van der Waals surface area contributed by atoms with Crippen molar-refractivity contribution in [3.63, 3.8) is 0 Å². The first-order valence-corrected chi connectivity index (χ1v) is 6.95. The summed E-state index contributed by atoms with van der Waals surface area (Å²) in [5.74, 6) is 1.00. The van der Waals surface area contributed by atoms with Gasteiger partial charge in [-0.25, -0.2) is 9.97 Å². The fourth-order valence-corrected chi connectivity index (χ4v) is 2.16. The molecule has 0 saturated carbocycles. The maximum atomic E-state index is 6.05. The van der Waals surface area contributed by atoms with Crippen LogP contribution in [-0.2, 0) is 0 Å². The van der Waals surface area contributed by atoms with E-state index in [1.165, 1.54) is 5.56 Å². The summed E-state index contributed by atoms with van der Waals surface area (Å²) in [6, 6.07) is 7.89. The maximum absolute atomic E-state index is 6.05. The third-order valence-electron chi connectivity index (χ3n) is 2.74. The van der Waals surface area contributed by atoms with Crippen molar-refractivity contribution in [2.45, 2.75) is 26.7 Å². The number of nitrogens with zero attached hydrogens (tertiary/aromatic N) is 2. The van der Waals surface area contributed by atoms with Gasteiger partial charge >= 0.3 is 0 Å². The molecule has 0 amide bonds. The van der Waals surface area contributed by atoms with Gasteiger partial charge in [0.15, 0.2) is 5.82 Å². The zero-order chi connectivity index (χ0) is 13.3. The predicted octanol–water partition coefficient (Wildman–Crippen LogP) is 4.99. The Balaban J connectivity index is 2.53. The van der Waals surface area contributed by atoms with E-state index in [2.05, 4.69) is 39.7 Å². The van der Waals surface area contributed by atoms with Crippen molar-refractivity contribution in [2.75, 3.05) is 0 Å². The molecule has 0 aliphatic rings. The second kappa shape index (κ2) is 5.37. The Bertz CT molecular complexity index is 582. The molecule has 0 fully saturated rings. The number of rotatable bonds is 2. The van der Waals surface area contributed by atoms with Gasteiger partial charge in [0.25, 0.3) is 0 Å². The summed E-state index contributed by atoms with van der Waals surface area (Å²) in [4.78, 5) is 8.85. The van der Waals surface area contributed by atoms with Gasteiger partial charge in [0.2, 0.25) is 0 Å². The van der Waals surface area contributed by atoms with Crippen LogP contribution in [0.25, 0.3) is 11.4 Å². The van der Waals surface area contributed by atoms with Crippen LogP contribution in [0.4, 0.5) is 0 Å². The topological polar surface area (TPSA) is 25.8 Å². The van der Waals surface area contributed by atoms with Crippen molar-refractivity contribution in [3.8, 4) is 11.4 Å². The zero-order valence-corrected chi connectivity index (χ0v) is 12.9. The van der Waals surface area contributed by atoms with E-state index in [0.29, 0.717) is 16.9 Å². The Morgan fingerprint density at radius 1 is 1.17 bits per heavy atom. The molecule has 4 heteroatoms. The minimum absolute atomic E-state index is 0.332. The molecule has 0 aliphatic heterocycles. The van der Waals surface area contributed by atoms with Crippen LogP contribution < -0.4 is 0 Å². The molecule has 2 rings (SSSR count). The second-order valence-corrected chi connectivity index (χ2v) is 5.80. The first kappa shape index (κ1) is 13.5. The molecule has 0 atom stereocenters. The number of aromatic nitrogens is 2. The number of hydrogen-bond donors (Lipinski definition) is 0. The van der Waals surface area contributed by atoms with Gasteiger partial charge in [-0.3, -0.25) is 0 Å². The van der Waals surface area contributed by atoms with Gasteiger partial charge in [0, 0.05) is 15.7 Å². The summed E-state index contributed by atoms with van der Waals surface area (Å²) in [5, 5.41) is 0.486. The highest BCUT2D eigenvalue weighted by atomic mass is 79.9. The Hall–Kier alpha value is -0.930. The first-order valence-electron chi connectivity index (χ1n) is 5.78. The van der Waals surface area contributed by atoms with E-state index in [1.807, 2.05) is 31.2 Å². The molecule has 1 aromatic heterocycles. The largest absolute Gasteiger partial charge is 0.233 e. The van der Waals surface area contributed by atoms with Crippen molar-refractivity contribution >= 4 is 27.5 Å². The third-order valence-corrected chi connectivity index (χ3v) is 3.78. The molecule has 18 heavy (non-hydrogen) atoms. The number of halogens is 2. The second-order valence-electron chi connectivity index (χ2n) is 4.56. The lowest BCUT2D eigenvalue weighted by Crippen LogP contribution is -1.98. The maximum Gasteiger partial charge on any atom is 0.161 e. The van der Waals surface area contributed by atoms with E-state index >= 15 is 0 Å². The molecule has 1 aromatic carbocycles. The molecular formula is C14H14BrClN2. The van der Waals surface area contributed by atoms with Crippen LogP contribution in [0, 0.1) is 6.92 Å². The van der Waals surface area contributed by atoms with Crippen molar-refractivity contribution in [1.82, 2.24) is 9.97 Å². The van der Waals surface area contributed by atoms with Crippen molar-refractivity contribution in [1.29, 1.82) is 0 Å². The normalized spacial score (nSPS) is 11.0. The van der Waals surface area contributed by atoms with Gasteiger partial charge in [0.1, 0.15) is 5.15 Å². The van der Waals surface area contributed by atoms with Gasteiger partial charge in [-0.1, -0.05) is 53.5 Å². The van der Waals surface area contributed by atoms with Crippen LogP contribution >= 0.6 is 27.5 Å². The smallest absolute Gasteiger partial charge is 0.161 e. The Kier molecular flexibility index (Phi) is 4.03. The lowest BCUT2D eigenvalue weighted by atomic mass is 10.1. The van der Waals surface area contributed by atoms with Crippen LogP contribution in [-0.4, -0.2) is 9.97 Å². The minimum Gasteiger partial charge on any atom is -0.233 e. The summed E-state index contributed by atoms with van der Waals surface area (Å²) in [6.45, 7) is 6.23. The van der Waals surface area contributed by atoms with Gasteiger partial charge < -0.3 is 0 Å². The highest BCUT2D eigenvalue weighted by molar-refractivity contribution is 9.10. The monoisotopic (exact) mass is 324 g/mol. The van der Waals surface area contributed by atoms with E-state index in [1.54, 1.807) is 0 Å². The summed E-state index contributed by atoms with van der Waals surface area (Å²) >= 11 is 9.57. The van der Waals surface area contributed by atoms with Crippen molar-refractivity contribution in [2.24, 2.45) is 0 Å². The molecule has 0 spiro atoms. The van der Waals surface area contributed by atoms with Crippen LogP contribution in [0.5, 0.6) is 0 Å². The molecule has 0 aliphatic carbocycles. The molecular weight excluding hydrogens is 312 g/mol. The number of aryl methyl sites for hydroxylation is 1. The van der Waals surface area contributed by atoms with Crippen LogP contribution in [0.3, 0.4) is 0 Å². The summed E-state index contributed by atoms with van der Waals surface area (Å²) in [7, 11) is 0. The zero-order valence-electron chi connectivity index (χ0n) is 10.5. The lowest BCUT2D eigenvalue weighted by molar-refractivity contribution is 0.817. The summed E-state index contributed by atoms with van der Waals surface area (Å²) < 4.78 is 1.05. The Labute approximate surface area is 121 Å². The predicted molar refractivity (Wildman–Crippen MR) is 79.0 cm³/mol. The molecule has 0 radical (unpaired) electrons. The molecule has 1 heterocycles. The third kappa shape index (κ3) is 2.90. The standard InChI is InChI=1S/C14H14BrClN2/c1-8(2)12-7-13(16)18-14(17-12)10-5-4-9(3)11(15)6-10/h4-8H,1-3H3. The van der Waals surface area contributed by atoms with Crippen LogP contribution in [0.2, 0.25) is 5.15 Å². The fourth-order valence-electron chi connectivity index (χ4n) is 1.59. The van der Waals surface area contributed by atoms with E-state index < -0.39 is 0 Å². The molecule has 2 aromatic rings. The summed E-state index contributed by atoms with van der Waals surface area (Å²) in [5.41, 5.74) is 3.11. The molecule has 0 bridgehead atoms. The Morgan fingerprint density at radius 3 is 2.50 bits per heavy atom. The number of benzene rings is 1. The highest BCUT2D eigenvalue weighted by Crippen LogP contribution is 2.25. The van der Waals surface area contributed by atoms with E-state index in [0.717, 1.165) is 15.7 Å². The molecule has 0 unspecified atom stereocenters. The molecule has 0 N–H and O–H groups in total. The van der Waals surface area contributed by atoms with E-state index in [9.17, 15) is 0 Å². The van der Waals surface area contributed by atoms with Crippen molar-refractivity contribution < 1.29 is 0 Å². The van der Waals surface area contributed by atoms with Gasteiger partial charge in [-0.05, 0) is 30.5 Å². The van der Waals surface area contributed by atoms with Gasteiger partial charge in [-0.15, -0.1) is 0 Å². The summed E-state index contributed by atoms with van der Waals surface area (Å²) in [6.07, 6.45) is 0.